The Bertz CT molecular complexity index is 708. The van der Waals surface area contributed by atoms with Gasteiger partial charge in [-0.2, -0.15) is 0 Å². The normalized spacial score (nSPS) is 53.3. The van der Waals surface area contributed by atoms with Crippen LogP contribution in [0.5, 0.6) is 0 Å². The van der Waals surface area contributed by atoms with Gasteiger partial charge in [0.15, 0.2) is 0 Å². The van der Waals surface area contributed by atoms with Crippen molar-refractivity contribution < 1.29 is 5.11 Å². The SMILES string of the molecule is OC1(CNCc2ncc(Cl)cc2Br)C2C3CC4C5C3CC2C5C41. The van der Waals surface area contributed by atoms with Crippen LogP contribution in [0.25, 0.3) is 0 Å². The number of rotatable bonds is 4. The van der Waals surface area contributed by atoms with Crippen LogP contribution in [0, 0.1) is 47.3 Å². The zero-order chi connectivity index (χ0) is 15.5. The van der Waals surface area contributed by atoms with E-state index in [-0.39, 0.29) is 0 Å². The van der Waals surface area contributed by atoms with E-state index in [9.17, 15) is 5.11 Å². The first-order valence-corrected chi connectivity index (χ1v) is 9.99. The molecule has 6 rings (SSSR count). The van der Waals surface area contributed by atoms with Gasteiger partial charge in [0.1, 0.15) is 0 Å². The molecule has 5 fully saturated rings. The quantitative estimate of drug-likeness (QED) is 0.823. The predicted octanol–water partition coefficient (Wildman–Crippen LogP) is 3.10. The third-order valence-electron chi connectivity index (χ3n) is 8.10. The van der Waals surface area contributed by atoms with Crippen molar-refractivity contribution in [3.05, 3.63) is 27.5 Å². The minimum Gasteiger partial charge on any atom is -0.388 e. The topological polar surface area (TPSA) is 45.1 Å². The highest BCUT2D eigenvalue weighted by atomic mass is 79.9. The van der Waals surface area contributed by atoms with Gasteiger partial charge in [0.25, 0.3) is 0 Å². The second-order valence-corrected chi connectivity index (χ2v) is 9.80. The zero-order valence-electron chi connectivity index (χ0n) is 12.8. The monoisotopic (exact) mass is 394 g/mol. The fourth-order valence-electron chi connectivity index (χ4n) is 7.91. The summed E-state index contributed by atoms with van der Waals surface area (Å²) in [7, 11) is 0. The summed E-state index contributed by atoms with van der Waals surface area (Å²) in [5.74, 6) is 6.49. The molecule has 9 atom stereocenters. The van der Waals surface area contributed by atoms with Gasteiger partial charge in [0.05, 0.1) is 16.3 Å². The number of hydrogen-bond acceptors (Lipinski definition) is 3. The van der Waals surface area contributed by atoms with E-state index in [0.29, 0.717) is 23.4 Å². The van der Waals surface area contributed by atoms with Crippen LogP contribution in [-0.4, -0.2) is 22.2 Å². The summed E-state index contributed by atoms with van der Waals surface area (Å²) in [4.78, 5) is 4.38. The van der Waals surface area contributed by atoms with Crippen LogP contribution in [0.4, 0.5) is 0 Å². The molecule has 0 aliphatic heterocycles. The summed E-state index contributed by atoms with van der Waals surface area (Å²) >= 11 is 9.47. The van der Waals surface area contributed by atoms with E-state index in [2.05, 4.69) is 26.2 Å². The number of aliphatic hydroxyl groups is 1. The standard InChI is InChI=1S/C18H20BrClN2O/c19-12-1-7(20)4-22-13(12)5-21-6-18(23)16-9-3-10-14-8(9)2-11(16)15(14)17(10)18/h1,4,8-11,14-17,21,23H,2-3,5-6H2. The molecule has 2 N–H and O–H groups in total. The van der Waals surface area contributed by atoms with Crippen molar-refractivity contribution in [3.63, 3.8) is 0 Å². The molecule has 0 spiro atoms. The highest BCUT2D eigenvalue weighted by Crippen LogP contribution is 2.85. The maximum Gasteiger partial charge on any atom is 0.0838 e. The fraction of sp³-hybridized carbons (Fsp3) is 0.722. The van der Waals surface area contributed by atoms with Crippen molar-refractivity contribution in [2.75, 3.05) is 6.54 Å². The van der Waals surface area contributed by atoms with E-state index in [1.54, 1.807) is 6.20 Å². The summed E-state index contributed by atoms with van der Waals surface area (Å²) in [6.07, 6.45) is 4.52. The van der Waals surface area contributed by atoms with Crippen molar-refractivity contribution in [3.8, 4) is 0 Å². The zero-order valence-corrected chi connectivity index (χ0v) is 15.1. The maximum absolute atomic E-state index is 11.5. The van der Waals surface area contributed by atoms with E-state index in [0.717, 1.165) is 52.2 Å². The Morgan fingerprint density at radius 2 is 2.00 bits per heavy atom. The van der Waals surface area contributed by atoms with Crippen LogP contribution in [-0.2, 0) is 6.54 Å². The molecule has 2 bridgehead atoms. The smallest absolute Gasteiger partial charge is 0.0838 e. The Balaban J connectivity index is 1.21. The molecular weight excluding hydrogens is 376 g/mol. The lowest BCUT2D eigenvalue weighted by molar-refractivity contribution is -0.128. The summed E-state index contributed by atoms with van der Waals surface area (Å²) in [6, 6.07) is 1.88. The third kappa shape index (κ3) is 1.49. The molecule has 0 aromatic carbocycles. The highest BCUT2D eigenvalue weighted by molar-refractivity contribution is 9.10. The number of pyridine rings is 1. The molecule has 1 aromatic rings. The van der Waals surface area contributed by atoms with Gasteiger partial charge in [-0.25, -0.2) is 0 Å². The second-order valence-electron chi connectivity index (χ2n) is 8.51. The van der Waals surface area contributed by atoms with Crippen LogP contribution >= 0.6 is 27.5 Å². The molecular formula is C18H20BrClN2O. The summed E-state index contributed by atoms with van der Waals surface area (Å²) in [6.45, 7) is 1.40. The van der Waals surface area contributed by atoms with Crippen LogP contribution < -0.4 is 5.32 Å². The Kier molecular flexibility index (Phi) is 2.64. The Hall–Kier alpha value is -0.160. The third-order valence-corrected chi connectivity index (χ3v) is 9.00. The second kappa shape index (κ2) is 4.32. The minimum absolute atomic E-state index is 0.455. The van der Waals surface area contributed by atoms with Gasteiger partial charge in [-0.15, -0.1) is 0 Å². The van der Waals surface area contributed by atoms with Gasteiger partial charge in [0.2, 0.25) is 0 Å². The van der Waals surface area contributed by atoms with Gasteiger partial charge >= 0.3 is 0 Å². The van der Waals surface area contributed by atoms with Crippen molar-refractivity contribution in [2.45, 2.75) is 25.0 Å². The molecule has 122 valence electrons. The lowest BCUT2D eigenvalue weighted by Crippen LogP contribution is -2.58. The molecule has 9 unspecified atom stereocenters. The molecule has 3 nitrogen and oxygen atoms in total. The van der Waals surface area contributed by atoms with E-state index >= 15 is 0 Å². The molecule has 0 radical (unpaired) electrons. The summed E-state index contributed by atoms with van der Waals surface area (Å²) in [5, 5.41) is 15.7. The van der Waals surface area contributed by atoms with Crippen LogP contribution in [0.2, 0.25) is 5.02 Å². The molecule has 23 heavy (non-hydrogen) atoms. The van der Waals surface area contributed by atoms with E-state index in [4.69, 9.17) is 11.6 Å². The molecule has 5 saturated carbocycles. The molecule has 5 heteroatoms. The fourth-order valence-corrected chi connectivity index (χ4v) is 8.69. The van der Waals surface area contributed by atoms with Crippen molar-refractivity contribution in [2.24, 2.45) is 47.3 Å². The Morgan fingerprint density at radius 1 is 1.22 bits per heavy atom. The van der Waals surface area contributed by atoms with Gasteiger partial charge in [-0.3, -0.25) is 4.98 Å². The first kappa shape index (κ1) is 14.1. The average Bonchev–Trinajstić information content (AvgIpc) is 3.00. The largest absolute Gasteiger partial charge is 0.388 e. The molecule has 1 heterocycles. The van der Waals surface area contributed by atoms with E-state index < -0.39 is 5.60 Å². The molecule has 5 aliphatic rings. The first-order chi connectivity index (χ1) is 11.1. The number of aromatic nitrogens is 1. The van der Waals surface area contributed by atoms with Crippen molar-refractivity contribution >= 4 is 27.5 Å². The lowest BCUT2D eigenvalue weighted by Gasteiger charge is -2.51. The average molecular weight is 396 g/mol. The Morgan fingerprint density at radius 3 is 2.83 bits per heavy atom. The van der Waals surface area contributed by atoms with Gasteiger partial charge < -0.3 is 10.4 Å². The number of halogens is 2. The first-order valence-electron chi connectivity index (χ1n) is 8.82. The van der Waals surface area contributed by atoms with Gasteiger partial charge in [-0.1, -0.05) is 11.6 Å². The molecule has 0 saturated heterocycles. The van der Waals surface area contributed by atoms with Gasteiger partial charge in [-0.05, 0) is 82.2 Å². The molecule has 0 amide bonds. The van der Waals surface area contributed by atoms with Crippen molar-refractivity contribution in [1.29, 1.82) is 0 Å². The Labute approximate surface area is 149 Å². The number of nitrogens with zero attached hydrogens (tertiary/aromatic N) is 1. The van der Waals surface area contributed by atoms with Crippen molar-refractivity contribution in [1.82, 2.24) is 10.3 Å². The van der Waals surface area contributed by atoms with Crippen LogP contribution in [0.3, 0.4) is 0 Å². The number of hydrogen-bond donors (Lipinski definition) is 2. The molecule has 5 aliphatic carbocycles. The van der Waals surface area contributed by atoms with Crippen LogP contribution in [0.1, 0.15) is 18.5 Å². The predicted molar refractivity (Wildman–Crippen MR) is 90.8 cm³/mol. The van der Waals surface area contributed by atoms with E-state index in [1.165, 1.54) is 12.8 Å². The van der Waals surface area contributed by atoms with E-state index in [1.807, 2.05) is 6.07 Å². The molecule has 1 aromatic heterocycles. The number of fused-ring (bicyclic) bond motifs is 2. The summed E-state index contributed by atoms with van der Waals surface area (Å²) < 4.78 is 0.934. The maximum atomic E-state index is 11.5. The summed E-state index contributed by atoms with van der Waals surface area (Å²) in [5.41, 5.74) is 0.503. The minimum atomic E-state index is -0.455. The highest BCUT2D eigenvalue weighted by Gasteiger charge is 2.84. The lowest BCUT2D eigenvalue weighted by atomic mass is 9.56. The number of nitrogens with one attached hydrogen (secondary N) is 1. The van der Waals surface area contributed by atoms with Crippen LogP contribution in [0.15, 0.2) is 16.7 Å². The van der Waals surface area contributed by atoms with Gasteiger partial charge in [0, 0.05) is 23.8 Å².